The number of hydrogen-bond donors (Lipinski definition) is 1. The Hall–Kier alpha value is -1.45. The molecule has 62 valence electrons. The zero-order valence-electron chi connectivity index (χ0n) is 6.40. The molecule has 0 radical (unpaired) electrons. The van der Waals surface area contributed by atoms with Crippen molar-refractivity contribution >= 4 is 5.97 Å². The van der Waals surface area contributed by atoms with Crippen molar-refractivity contribution < 1.29 is 9.90 Å². The number of nitrogens with zero attached hydrogens (tertiary/aromatic N) is 2. The number of carbonyl (C=O) groups is 1. The van der Waals surface area contributed by atoms with Crippen LogP contribution < -0.4 is 0 Å². The first-order valence-electron chi connectivity index (χ1n) is 3.82. The van der Waals surface area contributed by atoms with Gasteiger partial charge in [0, 0.05) is 12.1 Å². The van der Waals surface area contributed by atoms with E-state index in [1.807, 2.05) is 0 Å². The van der Waals surface area contributed by atoms with Gasteiger partial charge >= 0.3 is 5.97 Å². The number of carboxylic acid groups (broad SMARTS) is 1. The van der Waals surface area contributed by atoms with Gasteiger partial charge in [-0.1, -0.05) is 0 Å². The SMILES string of the molecule is O=C(O)c1cncnc1C1CC1. The average molecular weight is 164 g/mol. The van der Waals surface area contributed by atoms with Gasteiger partial charge in [-0.15, -0.1) is 0 Å². The molecule has 2 rings (SSSR count). The average Bonchev–Trinajstić information content (AvgIpc) is 2.87. The van der Waals surface area contributed by atoms with Crippen molar-refractivity contribution in [3.8, 4) is 0 Å². The zero-order chi connectivity index (χ0) is 8.55. The molecule has 0 aromatic carbocycles. The van der Waals surface area contributed by atoms with E-state index in [-0.39, 0.29) is 5.56 Å². The molecular formula is C8H8N2O2. The monoisotopic (exact) mass is 164 g/mol. The predicted octanol–water partition coefficient (Wildman–Crippen LogP) is 1.05. The van der Waals surface area contributed by atoms with Gasteiger partial charge in [0.2, 0.25) is 0 Å². The molecule has 4 heteroatoms. The van der Waals surface area contributed by atoms with Gasteiger partial charge in [-0.05, 0) is 12.8 Å². The number of aromatic carboxylic acids is 1. The van der Waals surface area contributed by atoms with Crippen LogP contribution in [-0.2, 0) is 0 Å². The highest BCUT2D eigenvalue weighted by Crippen LogP contribution is 2.40. The van der Waals surface area contributed by atoms with E-state index in [0.29, 0.717) is 11.6 Å². The Morgan fingerprint density at radius 1 is 1.58 bits per heavy atom. The minimum absolute atomic E-state index is 0.250. The first kappa shape index (κ1) is 7.21. The van der Waals surface area contributed by atoms with Crippen LogP contribution in [0.1, 0.15) is 34.8 Å². The van der Waals surface area contributed by atoms with E-state index in [2.05, 4.69) is 9.97 Å². The fourth-order valence-corrected chi connectivity index (χ4v) is 1.19. The summed E-state index contributed by atoms with van der Waals surface area (Å²) in [5, 5.41) is 8.76. The quantitative estimate of drug-likeness (QED) is 0.709. The number of carboxylic acids is 1. The summed E-state index contributed by atoms with van der Waals surface area (Å²) in [6, 6.07) is 0. The van der Waals surface area contributed by atoms with Crippen LogP contribution in [-0.4, -0.2) is 21.0 Å². The molecule has 0 amide bonds. The Labute approximate surface area is 69.3 Å². The Morgan fingerprint density at radius 3 is 2.92 bits per heavy atom. The summed E-state index contributed by atoms with van der Waals surface area (Å²) < 4.78 is 0. The summed E-state index contributed by atoms with van der Waals surface area (Å²) in [4.78, 5) is 18.3. The van der Waals surface area contributed by atoms with Gasteiger partial charge in [-0.25, -0.2) is 14.8 Å². The molecule has 0 saturated heterocycles. The molecular weight excluding hydrogens is 156 g/mol. The Morgan fingerprint density at radius 2 is 2.33 bits per heavy atom. The molecule has 0 atom stereocenters. The maximum absolute atomic E-state index is 10.7. The maximum atomic E-state index is 10.7. The largest absolute Gasteiger partial charge is 0.478 e. The van der Waals surface area contributed by atoms with E-state index in [9.17, 15) is 4.79 Å². The van der Waals surface area contributed by atoms with E-state index in [0.717, 1.165) is 12.8 Å². The van der Waals surface area contributed by atoms with E-state index in [1.165, 1.54) is 12.5 Å². The number of hydrogen-bond acceptors (Lipinski definition) is 3. The molecule has 1 aromatic rings. The van der Waals surface area contributed by atoms with Gasteiger partial charge in [0.05, 0.1) is 11.3 Å². The first-order chi connectivity index (χ1) is 5.79. The van der Waals surface area contributed by atoms with Gasteiger partial charge in [0.25, 0.3) is 0 Å². The summed E-state index contributed by atoms with van der Waals surface area (Å²) in [5.74, 6) is -0.573. The second kappa shape index (κ2) is 2.55. The molecule has 4 nitrogen and oxygen atoms in total. The van der Waals surface area contributed by atoms with E-state index in [1.54, 1.807) is 0 Å². The zero-order valence-corrected chi connectivity index (χ0v) is 6.40. The molecule has 1 heterocycles. The topological polar surface area (TPSA) is 63.1 Å². The van der Waals surface area contributed by atoms with Gasteiger partial charge < -0.3 is 5.11 Å². The fraction of sp³-hybridized carbons (Fsp3) is 0.375. The third-order valence-corrected chi connectivity index (χ3v) is 1.94. The van der Waals surface area contributed by atoms with Crippen molar-refractivity contribution in [1.82, 2.24) is 9.97 Å². The lowest BCUT2D eigenvalue weighted by molar-refractivity contribution is 0.0694. The van der Waals surface area contributed by atoms with Crippen molar-refractivity contribution in [1.29, 1.82) is 0 Å². The molecule has 12 heavy (non-hydrogen) atoms. The third-order valence-electron chi connectivity index (χ3n) is 1.94. The highest BCUT2D eigenvalue weighted by molar-refractivity contribution is 5.88. The van der Waals surface area contributed by atoms with E-state index >= 15 is 0 Å². The minimum atomic E-state index is -0.933. The smallest absolute Gasteiger partial charge is 0.339 e. The standard InChI is InChI=1S/C8H8N2O2/c11-8(12)6-3-9-4-10-7(6)5-1-2-5/h3-5H,1-2H2,(H,11,12). The molecule has 1 aliphatic carbocycles. The Kier molecular flexibility index (Phi) is 1.53. The van der Waals surface area contributed by atoms with Gasteiger partial charge in [0.15, 0.2) is 0 Å². The fourth-order valence-electron chi connectivity index (χ4n) is 1.19. The first-order valence-corrected chi connectivity index (χ1v) is 3.82. The van der Waals surface area contributed by atoms with Crippen molar-refractivity contribution in [3.63, 3.8) is 0 Å². The summed E-state index contributed by atoms with van der Waals surface area (Å²) in [6.45, 7) is 0. The van der Waals surface area contributed by atoms with Crippen LogP contribution in [0.2, 0.25) is 0 Å². The molecule has 1 aliphatic rings. The Bertz CT molecular complexity index is 321. The molecule has 0 aliphatic heterocycles. The van der Waals surface area contributed by atoms with Gasteiger partial charge in [-0.3, -0.25) is 0 Å². The van der Waals surface area contributed by atoms with Crippen LogP contribution in [0.25, 0.3) is 0 Å². The summed E-state index contributed by atoms with van der Waals surface area (Å²) >= 11 is 0. The molecule has 0 spiro atoms. The van der Waals surface area contributed by atoms with Gasteiger partial charge in [-0.2, -0.15) is 0 Å². The lowest BCUT2D eigenvalue weighted by atomic mass is 10.1. The van der Waals surface area contributed by atoms with Crippen LogP contribution in [0.4, 0.5) is 0 Å². The minimum Gasteiger partial charge on any atom is -0.478 e. The maximum Gasteiger partial charge on any atom is 0.339 e. The van der Waals surface area contributed by atoms with Crippen molar-refractivity contribution in [3.05, 3.63) is 23.8 Å². The molecule has 1 fully saturated rings. The Balaban J connectivity index is 2.43. The van der Waals surface area contributed by atoms with Crippen molar-refractivity contribution in [2.75, 3.05) is 0 Å². The van der Waals surface area contributed by atoms with Crippen molar-refractivity contribution in [2.24, 2.45) is 0 Å². The highest BCUT2D eigenvalue weighted by atomic mass is 16.4. The second-order valence-corrected chi connectivity index (χ2v) is 2.90. The lowest BCUT2D eigenvalue weighted by Crippen LogP contribution is -2.04. The normalized spacial score (nSPS) is 16.0. The highest BCUT2D eigenvalue weighted by Gasteiger charge is 2.29. The molecule has 1 N–H and O–H groups in total. The van der Waals surface area contributed by atoms with E-state index in [4.69, 9.17) is 5.11 Å². The molecule has 0 unspecified atom stereocenters. The number of aromatic nitrogens is 2. The van der Waals surface area contributed by atoms with Crippen LogP contribution in [0.3, 0.4) is 0 Å². The van der Waals surface area contributed by atoms with E-state index < -0.39 is 5.97 Å². The van der Waals surface area contributed by atoms with Crippen LogP contribution in [0, 0.1) is 0 Å². The lowest BCUT2D eigenvalue weighted by Gasteiger charge is -1.99. The van der Waals surface area contributed by atoms with Crippen LogP contribution in [0.15, 0.2) is 12.5 Å². The molecule has 1 saturated carbocycles. The molecule has 1 aromatic heterocycles. The summed E-state index contributed by atoms with van der Waals surface area (Å²) in [5.41, 5.74) is 0.942. The number of rotatable bonds is 2. The summed E-state index contributed by atoms with van der Waals surface area (Å²) in [6.07, 6.45) is 4.87. The second-order valence-electron chi connectivity index (χ2n) is 2.90. The third kappa shape index (κ3) is 1.15. The van der Waals surface area contributed by atoms with Crippen molar-refractivity contribution in [2.45, 2.75) is 18.8 Å². The van der Waals surface area contributed by atoms with Crippen LogP contribution >= 0.6 is 0 Å². The van der Waals surface area contributed by atoms with Crippen LogP contribution in [0.5, 0.6) is 0 Å². The predicted molar refractivity (Wildman–Crippen MR) is 41.0 cm³/mol. The molecule has 0 bridgehead atoms. The summed E-state index contributed by atoms with van der Waals surface area (Å²) in [7, 11) is 0. The van der Waals surface area contributed by atoms with Gasteiger partial charge in [0.1, 0.15) is 6.33 Å².